The zero-order valence-electron chi connectivity index (χ0n) is 9.16. The van der Waals surface area contributed by atoms with Gasteiger partial charge in [0.25, 0.3) is 0 Å². The molecule has 0 aliphatic heterocycles. The van der Waals surface area contributed by atoms with E-state index in [1.807, 2.05) is 12.4 Å². The van der Waals surface area contributed by atoms with Gasteiger partial charge < -0.3 is 5.73 Å². The van der Waals surface area contributed by atoms with Gasteiger partial charge in [-0.25, -0.2) is 0 Å². The molecule has 0 radical (unpaired) electrons. The number of nitrogens with zero attached hydrogens (tertiary/aromatic N) is 1. The van der Waals surface area contributed by atoms with Crippen molar-refractivity contribution in [2.45, 2.75) is 45.6 Å². The Morgan fingerprint density at radius 1 is 1.29 bits per heavy atom. The molecule has 14 heavy (non-hydrogen) atoms. The predicted octanol–water partition coefficient (Wildman–Crippen LogP) is 2.31. The molecule has 0 spiro atoms. The molecule has 1 heterocycles. The molecule has 0 saturated carbocycles. The summed E-state index contributed by atoms with van der Waals surface area (Å²) < 4.78 is 0. The number of hydrogen-bond acceptors (Lipinski definition) is 2. The van der Waals surface area contributed by atoms with Gasteiger partial charge in [0, 0.05) is 18.4 Å². The number of rotatable bonds is 5. The van der Waals surface area contributed by atoms with Gasteiger partial charge in [0.2, 0.25) is 0 Å². The van der Waals surface area contributed by atoms with Crippen LogP contribution in [-0.4, -0.2) is 11.0 Å². The Bertz CT molecular complexity index is 271. The molecule has 0 saturated heterocycles. The smallest absolute Gasteiger partial charge is 0.0300 e. The average Bonchev–Trinajstić information content (AvgIpc) is 2.26. The molecule has 0 amide bonds. The Labute approximate surface area is 86.5 Å². The van der Waals surface area contributed by atoms with Crippen molar-refractivity contribution in [3.05, 3.63) is 29.6 Å². The first-order chi connectivity index (χ1) is 6.76. The molecule has 1 aromatic rings. The van der Waals surface area contributed by atoms with E-state index >= 15 is 0 Å². The second-order valence-corrected chi connectivity index (χ2v) is 3.76. The van der Waals surface area contributed by atoms with Gasteiger partial charge in [0.15, 0.2) is 0 Å². The lowest BCUT2D eigenvalue weighted by molar-refractivity contribution is 0.595. The molecular formula is C12H20N2. The lowest BCUT2D eigenvalue weighted by atomic mass is 10.0. The van der Waals surface area contributed by atoms with E-state index in [9.17, 15) is 0 Å². The maximum atomic E-state index is 5.87. The highest BCUT2D eigenvalue weighted by Gasteiger charge is 2.01. The summed E-state index contributed by atoms with van der Waals surface area (Å²) >= 11 is 0. The van der Waals surface area contributed by atoms with E-state index < -0.39 is 0 Å². The fourth-order valence-corrected chi connectivity index (χ4v) is 1.43. The fraction of sp³-hybridized carbons (Fsp3) is 0.583. The normalized spacial score (nSPS) is 12.8. The Hall–Kier alpha value is -0.890. The van der Waals surface area contributed by atoms with Gasteiger partial charge in [-0.15, -0.1) is 0 Å². The van der Waals surface area contributed by atoms with E-state index in [2.05, 4.69) is 24.9 Å². The van der Waals surface area contributed by atoms with Crippen LogP contribution in [-0.2, 0) is 12.8 Å². The molecule has 1 atom stereocenters. The van der Waals surface area contributed by atoms with E-state index in [4.69, 9.17) is 5.73 Å². The van der Waals surface area contributed by atoms with Gasteiger partial charge in [-0.05, 0) is 36.8 Å². The SMILES string of the molecule is CCc1cncc(CC[C@H](N)CC)c1. The summed E-state index contributed by atoms with van der Waals surface area (Å²) in [5, 5.41) is 0. The van der Waals surface area contributed by atoms with Gasteiger partial charge in [0.05, 0.1) is 0 Å². The Morgan fingerprint density at radius 2 is 2.00 bits per heavy atom. The molecule has 2 heteroatoms. The third kappa shape index (κ3) is 3.46. The lowest BCUT2D eigenvalue weighted by Crippen LogP contribution is -2.19. The van der Waals surface area contributed by atoms with Crippen LogP contribution in [0.5, 0.6) is 0 Å². The van der Waals surface area contributed by atoms with Crippen LogP contribution in [0.25, 0.3) is 0 Å². The first kappa shape index (κ1) is 11.2. The molecule has 0 aromatic carbocycles. The van der Waals surface area contributed by atoms with E-state index in [1.165, 1.54) is 11.1 Å². The molecule has 0 aliphatic rings. The second kappa shape index (κ2) is 5.76. The average molecular weight is 192 g/mol. The fourth-order valence-electron chi connectivity index (χ4n) is 1.43. The van der Waals surface area contributed by atoms with E-state index in [-0.39, 0.29) is 0 Å². The summed E-state index contributed by atoms with van der Waals surface area (Å²) in [6.45, 7) is 4.28. The van der Waals surface area contributed by atoms with Crippen LogP contribution in [0.3, 0.4) is 0 Å². The molecule has 1 aromatic heterocycles. The largest absolute Gasteiger partial charge is 0.328 e. The maximum absolute atomic E-state index is 5.87. The molecule has 2 nitrogen and oxygen atoms in total. The summed E-state index contributed by atoms with van der Waals surface area (Å²) in [6, 6.07) is 2.57. The molecule has 78 valence electrons. The van der Waals surface area contributed by atoms with Gasteiger partial charge in [-0.3, -0.25) is 4.98 Å². The summed E-state index contributed by atoms with van der Waals surface area (Å²) in [7, 11) is 0. The number of aromatic nitrogens is 1. The molecule has 0 unspecified atom stereocenters. The van der Waals surface area contributed by atoms with E-state index in [0.29, 0.717) is 6.04 Å². The van der Waals surface area contributed by atoms with Gasteiger partial charge in [0.1, 0.15) is 0 Å². The van der Waals surface area contributed by atoms with Crippen molar-refractivity contribution >= 4 is 0 Å². The minimum absolute atomic E-state index is 0.334. The minimum Gasteiger partial charge on any atom is -0.328 e. The summed E-state index contributed by atoms with van der Waals surface area (Å²) in [4.78, 5) is 4.22. The van der Waals surface area contributed by atoms with Crippen LogP contribution in [0.1, 0.15) is 37.8 Å². The highest BCUT2D eigenvalue weighted by atomic mass is 14.6. The molecule has 2 N–H and O–H groups in total. The number of nitrogens with two attached hydrogens (primary N) is 1. The molecule has 1 rings (SSSR count). The second-order valence-electron chi connectivity index (χ2n) is 3.76. The lowest BCUT2D eigenvalue weighted by Gasteiger charge is -2.08. The van der Waals surface area contributed by atoms with Gasteiger partial charge in [-0.2, -0.15) is 0 Å². The number of aryl methyl sites for hydroxylation is 2. The zero-order valence-corrected chi connectivity index (χ0v) is 9.16. The van der Waals surface area contributed by atoms with Crippen molar-refractivity contribution in [1.82, 2.24) is 4.98 Å². The number of hydrogen-bond donors (Lipinski definition) is 1. The van der Waals surface area contributed by atoms with Crippen LogP contribution < -0.4 is 5.73 Å². The van der Waals surface area contributed by atoms with Crippen LogP contribution in [0.15, 0.2) is 18.5 Å². The summed E-state index contributed by atoms with van der Waals surface area (Å²) in [6.07, 6.45) is 8.10. The highest BCUT2D eigenvalue weighted by Crippen LogP contribution is 2.07. The quantitative estimate of drug-likeness (QED) is 0.777. The highest BCUT2D eigenvalue weighted by molar-refractivity contribution is 5.18. The third-order valence-corrected chi connectivity index (χ3v) is 2.59. The maximum Gasteiger partial charge on any atom is 0.0300 e. The minimum atomic E-state index is 0.334. The van der Waals surface area contributed by atoms with E-state index in [0.717, 1.165) is 25.7 Å². The number of pyridine rings is 1. The molecule has 0 aliphatic carbocycles. The van der Waals surface area contributed by atoms with Crippen molar-refractivity contribution < 1.29 is 0 Å². The Balaban J connectivity index is 2.50. The monoisotopic (exact) mass is 192 g/mol. The van der Waals surface area contributed by atoms with Crippen LogP contribution in [0, 0.1) is 0 Å². The van der Waals surface area contributed by atoms with Crippen molar-refractivity contribution in [3.63, 3.8) is 0 Å². The van der Waals surface area contributed by atoms with Crippen LogP contribution >= 0.6 is 0 Å². The standard InChI is InChI=1S/C12H20N2/c1-3-10-7-11(9-14-8-10)5-6-12(13)4-2/h7-9,12H,3-6,13H2,1-2H3/t12-/m1/s1. The van der Waals surface area contributed by atoms with Crippen molar-refractivity contribution in [1.29, 1.82) is 0 Å². The van der Waals surface area contributed by atoms with Crippen LogP contribution in [0.2, 0.25) is 0 Å². The topological polar surface area (TPSA) is 38.9 Å². The van der Waals surface area contributed by atoms with Crippen LogP contribution in [0.4, 0.5) is 0 Å². The van der Waals surface area contributed by atoms with Gasteiger partial charge >= 0.3 is 0 Å². The predicted molar refractivity (Wildman–Crippen MR) is 60.2 cm³/mol. The molecular weight excluding hydrogens is 172 g/mol. The van der Waals surface area contributed by atoms with Crippen molar-refractivity contribution in [2.75, 3.05) is 0 Å². The molecule has 0 fully saturated rings. The Morgan fingerprint density at radius 3 is 2.64 bits per heavy atom. The van der Waals surface area contributed by atoms with Crippen molar-refractivity contribution in [3.8, 4) is 0 Å². The third-order valence-electron chi connectivity index (χ3n) is 2.59. The van der Waals surface area contributed by atoms with Gasteiger partial charge in [-0.1, -0.05) is 19.9 Å². The Kier molecular flexibility index (Phi) is 4.60. The first-order valence-corrected chi connectivity index (χ1v) is 5.44. The van der Waals surface area contributed by atoms with E-state index in [1.54, 1.807) is 0 Å². The van der Waals surface area contributed by atoms with Crippen molar-refractivity contribution in [2.24, 2.45) is 5.73 Å². The zero-order chi connectivity index (χ0) is 10.4. The molecule has 0 bridgehead atoms. The first-order valence-electron chi connectivity index (χ1n) is 5.44. The summed E-state index contributed by atoms with van der Waals surface area (Å²) in [5.41, 5.74) is 8.50. The summed E-state index contributed by atoms with van der Waals surface area (Å²) in [5.74, 6) is 0.